The molecule has 1 aromatic heterocycles. The number of anilines is 2. The fourth-order valence-electron chi connectivity index (χ4n) is 2.66. The van der Waals surface area contributed by atoms with Gasteiger partial charge >= 0.3 is 0 Å². The Morgan fingerprint density at radius 2 is 2.12 bits per heavy atom. The molecule has 17 heavy (non-hydrogen) atoms. The highest BCUT2D eigenvalue weighted by molar-refractivity contribution is 5.48. The number of hydrogen-bond donors (Lipinski definition) is 2. The summed E-state index contributed by atoms with van der Waals surface area (Å²) in [5.74, 6) is 7.68. The predicted octanol–water partition coefficient (Wildman–Crippen LogP) is 1.78. The molecule has 1 fully saturated rings. The van der Waals surface area contributed by atoms with Crippen molar-refractivity contribution in [3.8, 4) is 0 Å². The molecule has 0 aromatic carbocycles. The molecule has 0 amide bonds. The Labute approximate surface area is 102 Å². The Hall–Kier alpha value is -1.36. The Morgan fingerprint density at radius 3 is 2.82 bits per heavy atom. The van der Waals surface area contributed by atoms with Gasteiger partial charge < -0.3 is 10.3 Å². The Kier molecular flexibility index (Phi) is 3.78. The standard InChI is InChI=1S/C12H21N5/c1-9-5-3-4-6-10(9)17(2)12-7-11(16-13)14-8-15-12/h7-10H,3-6,13H2,1-2H3,(H,14,15,16). The number of nitrogens with zero attached hydrogens (tertiary/aromatic N) is 3. The summed E-state index contributed by atoms with van der Waals surface area (Å²) < 4.78 is 0. The molecule has 5 nitrogen and oxygen atoms in total. The number of nitrogens with two attached hydrogens (primary N) is 1. The van der Waals surface area contributed by atoms with Crippen molar-refractivity contribution in [3.05, 3.63) is 12.4 Å². The number of rotatable bonds is 3. The van der Waals surface area contributed by atoms with Gasteiger partial charge in [-0.05, 0) is 18.8 Å². The molecule has 1 aliphatic rings. The lowest BCUT2D eigenvalue weighted by atomic mass is 9.85. The average Bonchev–Trinajstić information content (AvgIpc) is 2.38. The van der Waals surface area contributed by atoms with Crippen LogP contribution in [-0.2, 0) is 0 Å². The first-order valence-electron chi connectivity index (χ1n) is 6.24. The molecule has 94 valence electrons. The van der Waals surface area contributed by atoms with Crippen LogP contribution >= 0.6 is 0 Å². The summed E-state index contributed by atoms with van der Waals surface area (Å²) in [4.78, 5) is 10.6. The summed E-state index contributed by atoms with van der Waals surface area (Å²) in [5, 5.41) is 0. The predicted molar refractivity (Wildman–Crippen MR) is 69.7 cm³/mol. The summed E-state index contributed by atoms with van der Waals surface area (Å²) in [6.45, 7) is 2.32. The second-order valence-corrected chi connectivity index (χ2v) is 4.85. The molecular weight excluding hydrogens is 214 g/mol. The van der Waals surface area contributed by atoms with Gasteiger partial charge in [-0.2, -0.15) is 0 Å². The molecule has 1 saturated carbocycles. The third-order valence-corrected chi connectivity index (χ3v) is 3.73. The Morgan fingerprint density at radius 1 is 1.35 bits per heavy atom. The van der Waals surface area contributed by atoms with E-state index in [1.165, 1.54) is 25.7 Å². The van der Waals surface area contributed by atoms with Crippen LogP contribution in [0.3, 0.4) is 0 Å². The largest absolute Gasteiger partial charge is 0.356 e. The fourth-order valence-corrected chi connectivity index (χ4v) is 2.66. The minimum Gasteiger partial charge on any atom is -0.356 e. The van der Waals surface area contributed by atoms with E-state index in [1.807, 2.05) is 6.07 Å². The van der Waals surface area contributed by atoms with Gasteiger partial charge in [-0.25, -0.2) is 15.8 Å². The molecule has 1 heterocycles. The van der Waals surface area contributed by atoms with Crippen LogP contribution in [0.25, 0.3) is 0 Å². The number of nitrogens with one attached hydrogen (secondary N) is 1. The molecule has 0 bridgehead atoms. The maximum atomic E-state index is 5.37. The molecule has 2 atom stereocenters. The van der Waals surface area contributed by atoms with E-state index in [-0.39, 0.29) is 0 Å². The average molecular weight is 235 g/mol. The van der Waals surface area contributed by atoms with Crippen LogP contribution in [0, 0.1) is 5.92 Å². The van der Waals surface area contributed by atoms with E-state index in [1.54, 1.807) is 6.33 Å². The van der Waals surface area contributed by atoms with Gasteiger partial charge in [-0.1, -0.05) is 19.8 Å². The van der Waals surface area contributed by atoms with E-state index in [0.29, 0.717) is 11.9 Å². The lowest BCUT2D eigenvalue weighted by Gasteiger charge is -2.36. The summed E-state index contributed by atoms with van der Waals surface area (Å²) >= 11 is 0. The zero-order valence-electron chi connectivity index (χ0n) is 10.6. The minimum atomic E-state index is 0.573. The lowest BCUT2D eigenvalue weighted by Crippen LogP contribution is -2.39. The van der Waals surface area contributed by atoms with Crippen molar-refractivity contribution in [1.29, 1.82) is 0 Å². The van der Waals surface area contributed by atoms with Gasteiger partial charge in [-0.15, -0.1) is 0 Å². The van der Waals surface area contributed by atoms with Crippen LogP contribution in [0.1, 0.15) is 32.6 Å². The van der Waals surface area contributed by atoms with Crippen molar-refractivity contribution in [1.82, 2.24) is 9.97 Å². The van der Waals surface area contributed by atoms with Crippen molar-refractivity contribution in [2.24, 2.45) is 11.8 Å². The van der Waals surface area contributed by atoms with Gasteiger partial charge in [-0.3, -0.25) is 0 Å². The fraction of sp³-hybridized carbons (Fsp3) is 0.667. The SMILES string of the molecule is CC1CCCCC1N(C)c1cc(NN)ncn1. The Balaban J connectivity index is 2.14. The lowest BCUT2D eigenvalue weighted by molar-refractivity contribution is 0.320. The van der Waals surface area contributed by atoms with E-state index in [4.69, 9.17) is 5.84 Å². The van der Waals surface area contributed by atoms with Gasteiger partial charge in [0.05, 0.1) is 0 Å². The Bertz CT molecular complexity index is 368. The minimum absolute atomic E-state index is 0.573. The molecule has 5 heteroatoms. The summed E-state index contributed by atoms with van der Waals surface area (Å²) in [6.07, 6.45) is 6.76. The maximum Gasteiger partial charge on any atom is 0.145 e. The summed E-state index contributed by atoms with van der Waals surface area (Å²) in [6, 6.07) is 2.46. The molecule has 2 rings (SSSR count). The molecule has 0 saturated heterocycles. The van der Waals surface area contributed by atoms with Crippen molar-refractivity contribution in [2.75, 3.05) is 17.4 Å². The second-order valence-electron chi connectivity index (χ2n) is 4.85. The third kappa shape index (κ3) is 2.66. The van der Waals surface area contributed by atoms with E-state index in [0.717, 1.165) is 11.7 Å². The normalized spacial score (nSPS) is 24.4. The number of hydrogen-bond acceptors (Lipinski definition) is 5. The number of aromatic nitrogens is 2. The smallest absolute Gasteiger partial charge is 0.145 e. The second kappa shape index (κ2) is 5.31. The van der Waals surface area contributed by atoms with Crippen molar-refractivity contribution in [2.45, 2.75) is 38.6 Å². The van der Waals surface area contributed by atoms with Crippen LogP contribution in [0.15, 0.2) is 12.4 Å². The van der Waals surface area contributed by atoms with Gasteiger partial charge in [0.2, 0.25) is 0 Å². The first kappa shape index (κ1) is 12.1. The van der Waals surface area contributed by atoms with E-state index in [9.17, 15) is 0 Å². The van der Waals surface area contributed by atoms with Gasteiger partial charge in [0.15, 0.2) is 0 Å². The van der Waals surface area contributed by atoms with Crippen molar-refractivity contribution in [3.63, 3.8) is 0 Å². The zero-order valence-corrected chi connectivity index (χ0v) is 10.6. The quantitative estimate of drug-likeness (QED) is 0.617. The van der Waals surface area contributed by atoms with Crippen LogP contribution < -0.4 is 16.2 Å². The van der Waals surface area contributed by atoms with Crippen LogP contribution in [-0.4, -0.2) is 23.1 Å². The van der Waals surface area contributed by atoms with Crippen LogP contribution in [0.4, 0.5) is 11.6 Å². The summed E-state index contributed by atoms with van der Waals surface area (Å²) in [5.41, 5.74) is 2.56. The highest BCUT2D eigenvalue weighted by Gasteiger charge is 2.25. The highest BCUT2D eigenvalue weighted by Crippen LogP contribution is 2.29. The van der Waals surface area contributed by atoms with E-state index < -0.39 is 0 Å². The maximum absolute atomic E-state index is 5.37. The van der Waals surface area contributed by atoms with Crippen molar-refractivity contribution < 1.29 is 0 Å². The zero-order chi connectivity index (χ0) is 12.3. The van der Waals surface area contributed by atoms with Crippen LogP contribution in [0.2, 0.25) is 0 Å². The molecular formula is C12H21N5. The first-order chi connectivity index (χ1) is 8.22. The molecule has 2 unspecified atom stereocenters. The highest BCUT2D eigenvalue weighted by atomic mass is 15.3. The van der Waals surface area contributed by atoms with Gasteiger partial charge in [0.25, 0.3) is 0 Å². The van der Waals surface area contributed by atoms with Crippen LogP contribution in [0.5, 0.6) is 0 Å². The molecule has 0 spiro atoms. The molecule has 0 aliphatic heterocycles. The van der Waals surface area contributed by atoms with Crippen molar-refractivity contribution >= 4 is 11.6 Å². The number of nitrogen functional groups attached to an aromatic ring is 1. The van der Waals surface area contributed by atoms with Gasteiger partial charge in [0, 0.05) is 19.2 Å². The molecule has 1 aliphatic carbocycles. The third-order valence-electron chi connectivity index (χ3n) is 3.73. The molecule has 3 N–H and O–H groups in total. The number of hydrazine groups is 1. The van der Waals surface area contributed by atoms with Gasteiger partial charge in [0.1, 0.15) is 18.0 Å². The van der Waals surface area contributed by atoms with E-state index in [2.05, 4.69) is 34.3 Å². The summed E-state index contributed by atoms with van der Waals surface area (Å²) in [7, 11) is 2.11. The monoisotopic (exact) mass is 235 g/mol. The topological polar surface area (TPSA) is 67.1 Å². The van der Waals surface area contributed by atoms with E-state index >= 15 is 0 Å². The molecule has 0 radical (unpaired) electrons. The molecule has 1 aromatic rings. The first-order valence-corrected chi connectivity index (χ1v) is 6.24.